The third kappa shape index (κ3) is 8.14. The first-order chi connectivity index (χ1) is 9.91. The molecule has 0 aliphatic rings. The van der Waals surface area contributed by atoms with Gasteiger partial charge in [-0.3, -0.25) is 0 Å². The van der Waals surface area contributed by atoms with Crippen molar-refractivity contribution in [1.29, 1.82) is 0 Å². The summed E-state index contributed by atoms with van der Waals surface area (Å²) in [6, 6.07) is 9.11. The van der Waals surface area contributed by atoms with Gasteiger partial charge in [-0.15, -0.1) is 0 Å². The van der Waals surface area contributed by atoms with Crippen LogP contribution in [0.4, 0.5) is 0 Å². The summed E-state index contributed by atoms with van der Waals surface area (Å²) in [6.45, 7) is 7.68. The van der Waals surface area contributed by atoms with Crippen molar-refractivity contribution < 1.29 is 20.4 Å². The molecule has 0 aromatic heterocycles. The SMILES string of the molecule is CC(O)(CO)c1ccccc1.CCN(CC)CC(O)CO. The van der Waals surface area contributed by atoms with Crippen molar-refractivity contribution in [1.82, 2.24) is 4.90 Å². The predicted octanol–water partition coefficient (Wildman–Crippen LogP) is 0.568. The molecule has 0 aliphatic heterocycles. The predicted molar refractivity (Wildman–Crippen MR) is 84.0 cm³/mol. The van der Waals surface area contributed by atoms with Crippen LogP contribution in [0.2, 0.25) is 0 Å². The van der Waals surface area contributed by atoms with Gasteiger partial charge in [0.2, 0.25) is 0 Å². The summed E-state index contributed by atoms with van der Waals surface area (Å²) in [7, 11) is 0. The lowest BCUT2D eigenvalue weighted by Crippen LogP contribution is -2.33. The van der Waals surface area contributed by atoms with E-state index in [0.29, 0.717) is 6.54 Å². The molecule has 0 radical (unpaired) electrons. The Labute approximate surface area is 127 Å². The van der Waals surface area contributed by atoms with E-state index in [1.165, 1.54) is 0 Å². The minimum Gasteiger partial charge on any atom is -0.394 e. The minimum absolute atomic E-state index is 0.142. The van der Waals surface area contributed by atoms with Crippen molar-refractivity contribution in [2.45, 2.75) is 32.5 Å². The molecule has 0 amide bonds. The van der Waals surface area contributed by atoms with Crippen LogP contribution in [0.5, 0.6) is 0 Å². The molecule has 0 spiro atoms. The van der Waals surface area contributed by atoms with Gasteiger partial charge in [0.1, 0.15) is 5.60 Å². The van der Waals surface area contributed by atoms with Gasteiger partial charge >= 0.3 is 0 Å². The normalized spacial score (nSPS) is 15.0. The number of hydrogen-bond acceptors (Lipinski definition) is 5. The molecule has 2 atom stereocenters. The molecule has 1 aromatic rings. The van der Waals surface area contributed by atoms with E-state index in [2.05, 4.69) is 4.90 Å². The van der Waals surface area contributed by atoms with Crippen molar-refractivity contribution in [3.05, 3.63) is 35.9 Å². The van der Waals surface area contributed by atoms with Crippen LogP contribution >= 0.6 is 0 Å². The van der Waals surface area contributed by atoms with Gasteiger partial charge < -0.3 is 25.3 Å². The molecule has 0 saturated carbocycles. The van der Waals surface area contributed by atoms with Crippen LogP contribution in [0.3, 0.4) is 0 Å². The van der Waals surface area contributed by atoms with E-state index in [-0.39, 0.29) is 13.2 Å². The second kappa shape index (κ2) is 10.7. The molecule has 1 aromatic carbocycles. The fourth-order valence-electron chi connectivity index (χ4n) is 1.73. The summed E-state index contributed by atoms with van der Waals surface area (Å²) in [5.74, 6) is 0. The first-order valence-electron chi connectivity index (χ1n) is 7.31. The third-order valence-electron chi connectivity index (χ3n) is 3.28. The molecule has 0 heterocycles. The van der Waals surface area contributed by atoms with E-state index in [4.69, 9.17) is 15.3 Å². The number of nitrogens with zero attached hydrogens (tertiary/aromatic N) is 1. The van der Waals surface area contributed by atoms with Gasteiger partial charge in [0.05, 0.1) is 19.3 Å². The average Bonchev–Trinajstić information content (AvgIpc) is 2.53. The Morgan fingerprint density at radius 2 is 1.62 bits per heavy atom. The molecule has 0 saturated heterocycles. The molecule has 0 fully saturated rings. The Hall–Kier alpha value is -0.980. The summed E-state index contributed by atoms with van der Waals surface area (Å²) < 4.78 is 0. The van der Waals surface area contributed by atoms with Gasteiger partial charge in [0.15, 0.2) is 0 Å². The van der Waals surface area contributed by atoms with Crippen LogP contribution in [-0.2, 0) is 5.60 Å². The van der Waals surface area contributed by atoms with Gasteiger partial charge in [-0.2, -0.15) is 0 Å². The van der Waals surface area contributed by atoms with Crippen LogP contribution in [0, 0.1) is 0 Å². The van der Waals surface area contributed by atoms with E-state index in [1.807, 2.05) is 32.0 Å². The number of benzene rings is 1. The van der Waals surface area contributed by atoms with Crippen molar-refractivity contribution in [3.8, 4) is 0 Å². The maximum absolute atomic E-state index is 9.54. The average molecular weight is 299 g/mol. The molecular formula is C16H29NO4. The second-order valence-electron chi connectivity index (χ2n) is 5.12. The van der Waals surface area contributed by atoms with E-state index in [1.54, 1.807) is 19.1 Å². The molecule has 5 heteroatoms. The summed E-state index contributed by atoms with van der Waals surface area (Å²) in [5.41, 5.74) is -0.371. The Bertz CT molecular complexity index is 353. The Morgan fingerprint density at radius 1 is 1.10 bits per heavy atom. The van der Waals surface area contributed by atoms with E-state index in [9.17, 15) is 5.11 Å². The number of likely N-dealkylation sites (N-methyl/N-ethyl adjacent to an activating group) is 1. The van der Waals surface area contributed by atoms with Crippen molar-refractivity contribution >= 4 is 0 Å². The fourth-order valence-corrected chi connectivity index (χ4v) is 1.73. The zero-order chi connectivity index (χ0) is 16.3. The highest BCUT2D eigenvalue weighted by Crippen LogP contribution is 2.18. The highest BCUT2D eigenvalue weighted by molar-refractivity contribution is 5.21. The quantitative estimate of drug-likeness (QED) is 0.591. The highest BCUT2D eigenvalue weighted by Gasteiger charge is 2.20. The van der Waals surface area contributed by atoms with Crippen molar-refractivity contribution in [3.63, 3.8) is 0 Å². The number of rotatable bonds is 7. The summed E-state index contributed by atoms with van der Waals surface area (Å²) >= 11 is 0. The monoisotopic (exact) mass is 299 g/mol. The van der Waals surface area contributed by atoms with Crippen LogP contribution in [-0.4, -0.2) is 64.3 Å². The first-order valence-corrected chi connectivity index (χ1v) is 7.31. The molecular weight excluding hydrogens is 270 g/mol. The number of hydrogen-bond donors (Lipinski definition) is 4. The third-order valence-corrected chi connectivity index (χ3v) is 3.28. The van der Waals surface area contributed by atoms with E-state index < -0.39 is 11.7 Å². The van der Waals surface area contributed by atoms with Gasteiger partial charge in [-0.25, -0.2) is 0 Å². The lowest BCUT2D eigenvalue weighted by molar-refractivity contribution is -0.00228. The maximum Gasteiger partial charge on any atom is 0.110 e. The Balaban J connectivity index is 0.000000384. The minimum atomic E-state index is -1.11. The number of aliphatic hydroxyl groups excluding tert-OH is 3. The maximum atomic E-state index is 9.54. The van der Waals surface area contributed by atoms with Gasteiger partial charge in [0.25, 0.3) is 0 Å². The Morgan fingerprint density at radius 3 is 2.00 bits per heavy atom. The van der Waals surface area contributed by atoms with Crippen LogP contribution in [0.25, 0.3) is 0 Å². The zero-order valence-electron chi connectivity index (χ0n) is 13.2. The van der Waals surface area contributed by atoms with Gasteiger partial charge in [-0.05, 0) is 25.6 Å². The largest absolute Gasteiger partial charge is 0.394 e. The van der Waals surface area contributed by atoms with Crippen molar-refractivity contribution in [2.24, 2.45) is 0 Å². The molecule has 0 bridgehead atoms. The lowest BCUT2D eigenvalue weighted by Gasteiger charge is -2.20. The molecule has 0 aliphatic carbocycles. The molecule has 21 heavy (non-hydrogen) atoms. The fraction of sp³-hybridized carbons (Fsp3) is 0.625. The highest BCUT2D eigenvalue weighted by atomic mass is 16.3. The first kappa shape index (κ1) is 20.0. The van der Waals surface area contributed by atoms with Crippen molar-refractivity contribution in [2.75, 3.05) is 32.8 Å². The summed E-state index contributed by atoms with van der Waals surface area (Å²) in [5, 5.41) is 35.8. The summed E-state index contributed by atoms with van der Waals surface area (Å²) in [6.07, 6.45) is -0.583. The zero-order valence-corrected chi connectivity index (χ0v) is 13.2. The van der Waals surface area contributed by atoms with E-state index in [0.717, 1.165) is 18.7 Å². The van der Waals surface area contributed by atoms with Crippen LogP contribution in [0.1, 0.15) is 26.3 Å². The molecule has 2 unspecified atom stereocenters. The molecule has 122 valence electrons. The van der Waals surface area contributed by atoms with Gasteiger partial charge in [-0.1, -0.05) is 44.2 Å². The summed E-state index contributed by atoms with van der Waals surface area (Å²) in [4.78, 5) is 2.07. The Kier molecular flexibility index (Phi) is 10.2. The molecule has 5 nitrogen and oxygen atoms in total. The molecule has 1 rings (SSSR count). The number of aliphatic hydroxyl groups is 4. The van der Waals surface area contributed by atoms with E-state index >= 15 is 0 Å². The van der Waals surface area contributed by atoms with Crippen LogP contribution < -0.4 is 0 Å². The van der Waals surface area contributed by atoms with Gasteiger partial charge in [0, 0.05) is 6.54 Å². The standard InChI is InChI=1S/C9H12O2.C7H17NO2/c1-9(11,7-10)8-5-3-2-4-6-8;1-3-8(4-2)5-7(10)6-9/h2-6,10-11H,7H2,1H3;7,9-10H,3-6H2,1-2H3. The molecule has 4 N–H and O–H groups in total. The second-order valence-corrected chi connectivity index (χ2v) is 5.12. The lowest BCUT2D eigenvalue weighted by atomic mass is 9.97. The van der Waals surface area contributed by atoms with Crippen LogP contribution in [0.15, 0.2) is 30.3 Å². The smallest absolute Gasteiger partial charge is 0.110 e. The topological polar surface area (TPSA) is 84.2 Å².